The molecule has 0 radical (unpaired) electrons. The Morgan fingerprint density at radius 2 is 2.17 bits per heavy atom. The van der Waals surface area contributed by atoms with Crippen molar-refractivity contribution in [3.8, 4) is 0 Å². The van der Waals surface area contributed by atoms with Gasteiger partial charge in [-0.2, -0.15) is 0 Å². The second-order valence-corrected chi connectivity index (χ2v) is 4.86. The van der Waals surface area contributed by atoms with Crippen molar-refractivity contribution >= 4 is 12.3 Å². The van der Waals surface area contributed by atoms with Crippen LogP contribution >= 0.6 is 0 Å². The highest BCUT2D eigenvalue weighted by Gasteiger charge is 2.47. The van der Waals surface area contributed by atoms with Gasteiger partial charge in [0.2, 0.25) is 0 Å². The summed E-state index contributed by atoms with van der Waals surface area (Å²) < 4.78 is 0. The summed E-state index contributed by atoms with van der Waals surface area (Å²) in [7, 11) is 0. The van der Waals surface area contributed by atoms with Gasteiger partial charge in [-0.3, -0.25) is 4.90 Å². The molecule has 0 aliphatic carbocycles. The first kappa shape index (κ1) is 14.9. The molecule has 1 rings (SSSR count). The topological polar surface area (TPSA) is 57.6 Å². The standard InChI is InChI=1S/C14H23NO3/c1-2-3-4-5-6-7-10-15-11-8-9-14(15,12-16)13(17)18/h6-7,12H,2-5,8-11H2,1H3,(H,17,18). The molecule has 18 heavy (non-hydrogen) atoms. The summed E-state index contributed by atoms with van der Waals surface area (Å²) in [6.45, 7) is 3.40. The SMILES string of the molecule is CCCCCC=CCN1CCCC1(C=O)C(=O)O. The maximum Gasteiger partial charge on any atom is 0.331 e. The smallest absolute Gasteiger partial charge is 0.331 e. The van der Waals surface area contributed by atoms with Gasteiger partial charge >= 0.3 is 5.97 Å². The summed E-state index contributed by atoms with van der Waals surface area (Å²) in [5, 5.41) is 9.21. The highest BCUT2D eigenvalue weighted by Crippen LogP contribution is 2.27. The van der Waals surface area contributed by atoms with Crippen LogP contribution in [0, 0.1) is 0 Å². The Balaban J connectivity index is 2.45. The van der Waals surface area contributed by atoms with Gasteiger partial charge in [-0.1, -0.05) is 31.9 Å². The fraction of sp³-hybridized carbons (Fsp3) is 0.714. The van der Waals surface area contributed by atoms with Gasteiger partial charge in [0.15, 0.2) is 11.8 Å². The van der Waals surface area contributed by atoms with Crippen molar-refractivity contribution in [3.05, 3.63) is 12.2 Å². The van der Waals surface area contributed by atoms with Gasteiger partial charge in [0.25, 0.3) is 0 Å². The summed E-state index contributed by atoms with van der Waals surface area (Å²) in [6.07, 6.45) is 10.5. The molecule has 0 aromatic carbocycles. The third-order valence-corrected chi connectivity index (χ3v) is 3.58. The van der Waals surface area contributed by atoms with Crippen LogP contribution in [0.2, 0.25) is 0 Å². The van der Waals surface area contributed by atoms with E-state index in [2.05, 4.69) is 13.0 Å². The lowest BCUT2D eigenvalue weighted by Crippen LogP contribution is -2.51. The molecule has 0 bridgehead atoms. The first-order valence-electron chi connectivity index (χ1n) is 6.77. The summed E-state index contributed by atoms with van der Waals surface area (Å²) in [5.74, 6) is -1.02. The minimum Gasteiger partial charge on any atom is -0.480 e. The monoisotopic (exact) mass is 253 g/mol. The van der Waals surface area contributed by atoms with Crippen molar-refractivity contribution in [3.63, 3.8) is 0 Å². The molecule has 1 atom stereocenters. The van der Waals surface area contributed by atoms with Crippen molar-refractivity contribution in [1.29, 1.82) is 0 Å². The molecule has 0 aromatic heterocycles. The summed E-state index contributed by atoms with van der Waals surface area (Å²) in [4.78, 5) is 24.1. The number of aliphatic carboxylic acids is 1. The zero-order valence-corrected chi connectivity index (χ0v) is 11.1. The average Bonchev–Trinajstić information content (AvgIpc) is 2.77. The van der Waals surface area contributed by atoms with E-state index >= 15 is 0 Å². The van der Waals surface area contributed by atoms with Crippen molar-refractivity contribution < 1.29 is 14.7 Å². The van der Waals surface area contributed by atoms with Gasteiger partial charge in [-0.05, 0) is 25.7 Å². The van der Waals surface area contributed by atoms with Gasteiger partial charge < -0.3 is 9.90 Å². The lowest BCUT2D eigenvalue weighted by molar-refractivity contribution is -0.151. The Hall–Kier alpha value is -1.16. The number of unbranched alkanes of at least 4 members (excludes halogenated alkanes) is 3. The Labute approximate surface area is 109 Å². The van der Waals surface area contributed by atoms with E-state index in [1.807, 2.05) is 6.08 Å². The number of nitrogens with zero attached hydrogens (tertiary/aromatic N) is 1. The Bertz CT molecular complexity index is 314. The second-order valence-electron chi connectivity index (χ2n) is 4.86. The number of carboxylic acid groups (broad SMARTS) is 1. The summed E-state index contributed by atoms with van der Waals surface area (Å²) in [6, 6.07) is 0. The Kier molecular flexibility index (Phi) is 6.05. The van der Waals surface area contributed by atoms with E-state index in [-0.39, 0.29) is 0 Å². The van der Waals surface area contributed by atoms with E-state index in [9.17, 15) is 14.7 Å². The minimum absolute atomic E-state index is 0.426. The number of hydrogen-bond acceptors (Lipinski definition) is 3. The quantitative estimate of drug-likeness (QED) is 0.312. The maximum absolute atomic E-state index is 11.2. The number of carbonyl (C=O) groups is 2. The minimum atomic E-state index is -1.28. The number of carbonyl (C=O) groups excluding carboxylic acids is 1. The molecule has 1 fully saturated rings. The van der Waals surface area contributed by atoms with E-state index in [0.29, 0.717) is 25.8 Å². The van der Waals surface area contributed by atoms with Crippen molar-refractivity contribution in [2.45, 2.75) is 51.0 Å². The van der Waals surface area contributed by atoms with E-state index in [0.717, 1.165) is 12.8 Å². The molecular formula is C14H23NO3. The predicted octanol–water partition coefficient (Wildman–Crippen LogP) is 2.24. The molecule has 0 saturated carbocycles. The van der Waals surface area contributed by atoms with Crippen molar-refractivity contribution in [2.24, 2.45) is 0 Å². The molecule has 1 unspecified atom stereocenters. The first-order valence-corrected chi connectivity index (χ1v) is 6.77. The fourth-order valence-corrected chi connectivity index (χ4v) is 2.41. The van der Waals surface area contributed by atoms with E-state index < -0.39 is 11.5 Å². The highest BCUT2D eigenvalue weighted by atomic mass is 16.4. The zero-order chi connectivity index (χ0) is 13.4. The van der Waals surface area contributed by atoms with Crippen LogP contribution in [-0.4, -0.2) is 40.9 Å². The molecule has 1 aliphatic rings. The Morgan fingerprint density at radius 3 is 2.78 bits per heavy atom. The molecule has 0 spiro atoms. The third-order valence-electron chi connectivity index (χ3n) is 3.58. The number of allylic oxidation sites excluding steroid dienone is 1. The molecule has 0 aromatic rings. The summed E-state index contributed by atoms with van der Waals surface area (Å²) in [5.41, 5.74) is -1.28. The summed E-state index contributed by atoms with van der Waals surface area (Å²) >= 11 is 0. The molecule has 1 N–H and O–H groups in total. The molecule has 4 heteroatoms. The second kappa shape index (κ2) is 7.31. The predicted molar refractivity (Wildman–Crippen MR) is 70.5 cm³/mol. The molecule has 102 valence electrons. The van der Waals surface area contributed by atoms with Gasteiger partial charge in [-0.15, -0.1) is 0 Å². The van der Waals surface area contributed by atoms with Gasteiger partial charge in [0.05, 0.1) is 0 Å². The molecule has 1 heterocycles. The van der Waals surface area contributed by atoms with E-state index in [4.69, 9.17) is 0 Å². The molecule has 1 saturated heterocycles. The maximum atomic E-state index is 11.2. The first-order chi connectivity index (χ1) is 8.67. The van der Waals surface area contributed by atoms with Crippen molar-refractivity contribution in [1.82, 2.24) is 4.90 Å². The molecule has 0 amide bonds. The van der Waals surface area contributed by atoms with Crippen LogP contribution in [0.25, 0.3) is 0 Å². The molecule has 4 nitrogen and oxygen atoms in total. The van der Waals surface area contributed by atoms with Crippen LogP contribution in [0.3, 0.4) is 0 Å². The third kappa shape index (κ3) is 3.42. The fourth-order valence-electron chi connectivity index (χ4n) is 2.41. The van der Waals surface area contributed by atoms with Gasteiger partial charge in [-0.25, -0.2) is 4.79 Å². The average molecular weight is 253 g/mol. The molecule has 1 aliphatic heterocycles. The van der Waals surface area contributed by atoms with Crippen LogP contribution in [-0.2, 0) is 9.59 Å². The zero-order valence-electron chi connectivity index (χ0n) is 11.1. The van der Waals surface area contributed by atoms with E-state index in [1.165, 1.54) is 19.3 Å². The molecular weight excluding hydrogens is 230 g/mol. The van der Waals surface area contributed by atoms with E-state index in [1.54, 1.807) is 4.90 Å². The van der Waals surface area contributed by atoms with Crippen LogP contribution < -0.4 is 0 Å². The number of carboxylic acids is 1. The van der Waals surface area contributed by atoms with Crippen LogP contribution in [0.15, 0.2) is 12.2 Å². The lowest BCUT2D eigenvalue weighted by atomic mass is 9.98. The van der Waals surface area contributed by atoms with Gasteiger partial charge in [0.1, 0.15) is 0 Å². The normalized spacial score (nSPS) is 24.7. The van der Waals surface area contributed by atoms with Crippen LogP contribution in [0.5, 0.6) is 0 Å². The number of likely N-dealkylation sites (tertiary alicyclic amines) is 1. The number of rotatable bonds is 8. The number of hydrogen-bond donors (Lipinski definition) is 1. The van der Waals surface area contributed by atoms with Crippen LogP contribution in [0.4, 0.5) is 0 Å². The largest absolute Gasteiger partial charge is 0.480 e. The van der Waals surface area contributed by atoms with Gasteiger partial charge in [0, 0.05) is 13.1 Å². The Morgan fingerprint density at radius 1 is 1.39 bits per heavy atom. The number of aldehydes is 1. The van der Waals surface area contributed by atoms with Crippen molar-refractivity contribution in [2.75, 3.05) is 13.1 Å². The lowest BCUT2D eigenvalue weighted by Gasteiger charge is -2.28. The highest BCUT2D eigenvalue weighted by molar-refractivity contribution is 5.97. The van der Waals surface area contributed by atoms with Crippen LogP contribution in [0.1, 0.15) is 45.4 Å².